The van der Waals surface area contributed by atoms with E-state index in [1.807, 2.05) is 6.92 Å². The third-order valence-electron chi connectivity index (χ3n) is 1.98. The number of thiocarbonyl (C=S) groups is 1. The van der Waals surface area contributed by atoms with Crippen molar-refractivity contribution in [1.29, 1.82) is 0 Å². The van der Waals surface area contributed by atoms with Crippen LogP contribution < -0.4 is 10.7 Å². The van der Waals surface area contributed by atoms with Gasteiger partial charge in [0.15, 0.2) is 5.11 Å². The summed E-state index contributed by atoms with van der Waals surface area (Å²) >= 11 is 4.89. The molecule has 1 rings (SSSR count). The molecule has 0 unspecified atom stereocenters. The molecule has 0 aromatic heterocycles. The Labute approximate surface area is 104 Å². The van der Waals surface area contributed by atoms with Crippen LogP contribution in [0.5, 0.6) is 0 Å². The van der Waals surface area contributed by atoms with Crippen LogP contribution in [0, 0.1) is 11.6 Å². The summed E-state index contributed by atoms with van der Waals surface area (Å²) in [6.45, 7) is 4.17. The molecule has 0 spiro atoms. The summed E-state index contributed by atoms with van der Waals surface area (Å²) in [5, 5.41) is 7.10. The molecule has 0 amide bonds. The van der Waals surface area contributed by atoms with Crippen LogP contribution in [0.4, 0.5) is 8.78 Å². The molecule has 17 heavy (non-hydrogen) atoms. The molecule has 0 aliphatic carbocycles. The van der Waals surface area contributed by atoms with Gasteiger partial charge < -0.3 is 5.32 Å². The zero-order chi connectivity index (χ0) is 12.8. The van der Waals surface area contributed by atoms with Crippen LogP contribution in [0.25, 0.3) is 0 Å². The van der Waals surface area contributed by atoms with Gasteiger partial charge in [0.1, 0.15) is 11.6 Å². The molecule has 0 bridgehead atoms. The van der Waals surface area contributed by atoms with Crippen LogP contribution in [0.3, 0.4) is 0 Å². The van der Waals surface area contributed by atoms with Crippen LogP contribution in [-0.4, -0.2) is 17.4 Å². The van der Waals surface area contributed by atoms with Crippen LogP contribution in [-0.2, 0) is 0 Å². The number of nitrogens with zero attached hydrogens (tertiary/aromatic N) is 1. The quantitative estimate of drug-likeness (QED) is 0.495. The van der Waals surface area contributed by atoms with E-state index >= 15 is 0 Å². The van der Waals surface area contributed by atoms with Crippen molar-refractivity contribution < 1.29 is 8.78 Å². The van der Waals surface area contributed by atoms with Gasteiger partial charge in [-0.25, -0.2) is 8.78 Å². The molecule has 3 nitrogen and oxygen atoms in total. The second-order valence-corrected chi connectivity index (χ2v) is 3.70. The van der Waals surface area contributed by atoms with E-state index in [0.29, 0.717) is 17.4 Å². The lowest BCUT2D eigenvalue weighted by Gasteiger charge is -2.06. The van der Waals surface area contributed by atoms with E-state index in [2.05, 4.69) is 15.8 Å². The molecule has 1 aromatic carbocycles. The summed E-state index contributed by atoms with van der Waals surface area (Å²) < 4.78 is 26.1. The zero-order valence-corrected chi connectivity index (χ0v) is 10.4. The van der Waals surface area contributed by atoms with Gasteiger partial charge in [0.2, 0.25) is 0 Å². The van der Waals surface area contributed by atoms with Crippen molar-refractivity contribution in [3.63, 3.8) is 0 Å². The molecule has 1 aromatic rings. The predicted octanol–water partition coefficient (Wildman–Crippen LogP) is 2.17. The van der Waals surface area contributed by atoms with Crippen LogP contribution in [0.15, 0.2) is 23.3 Å². The number of hydrogen-bond acceptors (Lipinski definition) is 2. The minimum atomic E-state index is -0.651. The van der Waals surface area contributed by atoms with Crippen molar-refractivity contribution in [1.82, 2.24) is 10.7 Å². The molecule has 0 aliphatic heterocycles. The monoisotopic (exact) mass is 257 g/mol. The number of rotatable bonds is 3. The van der Waals surface area contributed by atoms with Gasteiger partial charge in [0.25, 0.3) is 0 Å². The van der Waals surface area contributed by atoms with E-state index < -0.39 is 11.6 Å². The maximum absolute atomic E-state index is 13.4. The third-order valence-corrected chi connectivity index (χ3v) is 2.22. The van der Waals surface area contributed by atoms with Crippen molar-refractivity contribution in [2.75, 3.05) is 6.54 Å². The number of benzene rings is 1. The molecular formula is C11H13F2N3S. The first-order valence-electron chi connectivity index (χ1n) is 5.08. The molecule has 0 fully saturated rings. The van der Waals surface area contributed by atoms with Gasteiger partial charge in [-0.1, -0.05) is 0 Å². The Kier molecular flexibility index (Phi) is 4.96. The molecule has 0 atom stereocenters. The molecule has 0 heterocycles. The van der Waals surface area contributed by atoms with Crippen LogP contribution in [0.2, 0.25) is 0 Å². The summed E-state index contributed by atoms with van der Waals surface area (Å²) in [7, 11) is 0. The average Bonchev–Trinajstić information content (AvgIpc) is 2.26. The Morgan fingerprint density at radius 1 is 1.41 bits per heavy atom. The predicted molar refractivity (Wildman–Crippen MR) is 68.0 cm³/mol. The van der Waals surface area contributed by atoms with E-state index in [1.54, 1.807) is 6.92 Å². The highest BCUT2D eigenvalue weighted by Gasteiger charge is 2.06. The SMILES string of the molecule is CCNC(=S)N/N=C(/C)c1ccc(F)cc1F. The van der Waals surface area contributed by atoms with Crippen LogP contribution in [0.1, 0.15) is 19.4 Å². The molecular weight excluding hydrogens is 244 g/mol. The first kappa shape index (κ1) is 13.5. The van der Waals surface area contributed by atoms with Gasteiger partial charge in [-0.05, 0) is 38.2 Å². The lowest BCUT2D eigenvalue weighted by atomic mass is 10.1. The number of halogens is 2. The Morgan fingerprint density at radius 2 is 2.12 bits per heavy atom. The fourth-order valence-corrected chi connectivity index (χ4v) is 1.37. The van der Waals surface area contributed by atoms with Crippen LogP contribution >= 0.6 is 12.2 Å². The topological polar surface area (TPSA) is 36.4 Å². The summed E-state index contributed by atoms with van der Waals surface area (Å²) in [5.74, 6) is -1.27. The zero-order valence-electron chi connectivity index (χ0n) is 9.55. The summed E-state index contributed by atoms with van der Waals surface area (Å²) in [6, 6.07) is 3.33. The molecule has 2 N–H and O–H groups in total. The van der Waals surface area contributed by atoms with Gasteiger partial charge in [-0.15, -0.1) is 0 Å². The lowest BCUT2D eigenvalue weighted by Crippen LogP contribution is -2.32. The molecule has 6 heteroatoms. The standard InChI is InChI=1S/C11H13F2N3S/c1-3-14-11(17)16-15-7(2)9-5-4-8(12)6-10(9)13/h4-6H,3H2,1-2H3,(H2,14,16,17)/b15-7-. The molecule has 0 saturated heterocycles. The lowest BCUT2D eigenvalue weighted by molar-refractivity contribution is 0.581. The maximum atomic E-state index is 13.4. The molecule has 0 saturated carbocycles. The highest BCUT2D eigenvalue weighted by atomic mass is 32.1. The average molecular weight is 257 g/mol. The second kappa shape index (κ2) is 6.24. The number of hydrogen-bond donors (Lipinski definition) is 2. The molecule has 92 valence electrons. The Balaban J connectivity index is 2.78. The summed E-state index contributed by atoms with van der Waals surface area (Å²) in [4.78, 5) is 0. The Hall–Kier alpha value is -1.56. The number of nitrogens with one attached hydrogen (secondary N) is 2. The smallest absolute Gasteiger partial charge is 0.186 e. The van der Waals surface area contributed by atoms with E-state index in [9.17, 15) is 8.78 Å². The van der Waals surface area contributed by atoms with Crippen molar-refractivity contribution in [3.05, 3.63) is 35.4 Å². The fourth-order valence-electron chi connectivity index (χ4n) is 1.18. The van der Waals surface area contributed by atoms with Crippen molar-refractivity contribution >= 4 is 23.0 Å². The normalized spacial score (nSPS) is 11.2. The largest absolute Gasteiger partial charge is 0.362 e. The summed E-state index contributed by atoms with van der Waals surface area (Å²) in [5.41, 5.74) is 3.20. The third kappa shape index (κ3) is 4.07. The Morgan fingerprint density at radius 3 is 2.71 bits per heavy atom. The first-order chi connectivity index (χ1) is 8.04. The van der Waals surface area contributed by atoms with Crippen molar-refractivity contribution in [2.24, 2.45) is 5.10 Å². The van der Waals surface area contributed by atoms with Gasteiger partial charge >= 0.3 is 0 Å². The molecule has 0 aliphatic rings. The highest BCUT2D eigenvalue weighted by Crippen LogP contribution is 2.10. The minimum Gasteiger partial charge on any atom is -0.362 e. The van der Waals surface area contributed by atoms with Gasteiger partial charge in [0, 0.05) is 18.2 Å². The fraction of sp³-hybridized carbons (Fsp3) is 0.273. The van der Waals surface area contributed by atoms with Gasteiger partial charge in [0.05, 0.1) is 5.71 Å². The van der Waals surface area contributed by atoms with Crippen molar-refractivity contribution in [3.8, 4) is 0 Å². The minimum absolute atomic E-state index is 0.234. The molecule has 0 radical (unpaired) electrons. The first-order valence-corrected chi connectivity index (χ1v) is 5.49. The number of hydrazone groups is 1. The van der Waals surface area contributed by atoms with E-state index in [1.165, 1.54) is 12.1 Å². The van der Waals surface area contributed by atoms with Gasteiger partial charge in [-0.3, -0.25) is 5.43 Å². The van der Waals surface area contributed by atoms with E-state index in [-0.39, 0.29) is 5.56 Å². The second-order valence-electron chi connectivity index (χ2n) is 3.29. The van der Waals surface area contributed by atoms with Gasteiger partial charge in [-0.2, -0.15) is 5.10 Å². The Bertz CT molecular complexity index is 446. The maximum Gasteiger partial charge on any atom is 0.186 e. The van der Waals surface area contributed by atoms with E-state index in [4.69, 9.17) is 12.2 Å². The highest BCUT2D eigenvalue weighted by molar-refractivity contribution is 7.80. The summed E-state index contributed by atoms with van der Waals surface area (Å²) in [6.07, 6.45) is 0. The van der Waals surface area contributed by atoms with E-state index in [0.717, 1.165) is 6.07 Å². The van der Waals surface area contributed by atoms with Crippen molar-refractivity contribution in [2.45, 2.75) is 13.8 Å².